The van der Waals surface area contributed by atoms with Crippen LogP contribution in [0.3, 0.4) is 0 Å². The summed E-state index contributed by atoms with van der Waals surface area (Å²) in [6, 6.07) is 15.6. The maximum Gasteiger partial charge on any atom is 0.264 e. The van der Waals surface area contributed by atoms with Gasteiger partial charge in [0.2, 0.25) is 0 Å². The fourth-order valence-electron chi connectivity index (χ4n) is 1.56. The summed E-state index contributed by atoms with van der Waals surface area (Å²) < 4.78 is 5.29. The number of phenolic OH excluding ortho intramolecular Hbond substituents is 1. The van der Waals surface area contributed by atoms with Gasteiger partial charge in [-0.1, -0.05) is 30.3 Å². The number of carbonyl (C=O) groups is 1. The number of aromatic hydroxyl groups is 1. The first-order valence-corrected chi connectivity index (χ1v) is 6.62. The quantitative estimate of drug-likeness (QED) is 0.597. The van der Waals surface area contributed by atoms with Gasteiger partial charge >= 0.3 is 0 Å². The van der Waals surface area contributed by atoms with Gasteiger partial charge in [-0.3, -0.25) is 10.1 Å². The van der Waals surface area contributed by atoms with Crippen LogP contribution in [0.1, 0.15) is 0 Å². The lowest BCUT2D eigenvalue weighted by molar-refractivity contribution is -0.121. The fourth-order valence-corrected chi connectivity index (χ4v) is 1.79. The molecular weight excluding hydrogens is 288 g/mol. The van der Waals surface area contributed by atoms with Crippen molar-refractivity contribution in [2.75, 3.05) is 11.9 Å². The zero-order chi connectivity index (χ0) is 15.1. The molecule has 0 saturated carbocycles. The molecule has 1 amide bonds. The van der Waals surface area contributed by atoms with Gasteiger partial charge in [0.25, 0.3) is 5.91 Å². The number of benzene rings is 2. The molecule has 0 aromatic heterocycles. The van der Waals surface area contributed by atoms with E-state index >= 15 is 0 Å². The summed E-state index contributed by atoms with van der Waals surface area (Å²) >= 11 is 4.99. The van der Waals surface area contributed by atoms with E-state index in [2.05, 4.69) is 10.6 Å². The largest absolute Gasteiger partial charge is 0.506 e. The molecule has 0 fully saturated rings. The van der Waals surface area contributed by atoms with Crippen molar-refractivity contribution in [3.8, 4) is 11.5 Å². The first-order valence-electron chi connectivity index (χ1n) is 6.22. The van der Waals surface area contributed by atoms with Crippen molar-refractivity contribution >= 4 is 28.9 Å². The van der Waals surface area contributed by atoms with Crippen molar-refractivity contribution in [3.05, 3.63) is 54.6 Å². The van der Waals surface area contributed by atoms with E-state index in [0.29, 0.717) is 11.4 Å². The average molecular weight is 302 g/mol. The number of carbonyl (C=O) groups excluding carboxylic acids is 1. The number of hydrogen-bond donors (Lipinski definition) is 3. The Morgan fingerprint density at radius 3 is 2.48 bits per heavy atom. The highest BCUT2D eigenvalue weighted by Crippen LogP contribution is 2.21. The molecule has 0 spiro atoms. The third-order valence-corrected chi connectivity index (χ3v) is 2.72. The van der Waals surface area contributed by atoms with Crippen LogP contribution in [-0.2, 0) is 4.79 Å². The van der Waals surface area contributed by atoms with Crippen LogP contribution in [0.15, 0.2) is 54.6 Å². The Balaban J connectivity index is 1.80. The van der Waals surface area contributed by atoms with Crippen LogP contribution in [0.5, 0.6) is 11.5 Å². The Kier molecular flexibility index (Phi) is 5.11. The lowest BCUT2D eigenvalue weighted by atomic mass is 10.3. The van der Waals surface area contributed by atoms with Gasteiger partial charge in [-0.05, 0) is 36.5 Å². The Morgan fingerprint density at radius 2 is 1.76 bits per heavy atom. The highest BCUT2D eigenvalue weighted by atomic mass is 32.1. The van der Waals surface area contributed by atoms with Gasteiger partial charge in [0.1, 0.15) is 11.5 Å². The van der Waals surface area contributed by atoms with E-state index in [4.69, 9.17) is 17.0 Å². The van der Waals surface area contributed by atoms with Crippen molar-refractivity contribution in [3.63, 3.8) is 0 Å². The van der Waals surface area contributed by atoms with Crippen molar-refractivity contribution in [2.45, 2.75) is 0 Å². The first kappa shape index (κ1) is 14.8. The van der Waals surface area contributed by atoms with Gasteiger partial charge in [-0.15, -0.1) is 0 Å². The van der Waals surface area contributed by atoms with Crippen molar-refractivity contribution in [2.24, 2.45) is 0 Å². The summed E-state index contributed by atoms with van der Waals surface area (Å²) in [5, 5.41) is 14.9. The predicted molar refractivity (Wildman–Crippen MR) is 84.4 cm³/mol. The zero-order valence-electron chi connectivity index (χ0n) is 11.1. The highest BCUT2D eigenvalue weighted by molar-refractivity contribution is 7.80. The Morgan fingerprint density at radius 1 is 1.10 bits per heavy atom. The second kappa shape index (κ2) is 7.25. The van der Waals surface area contributed by atoms with Gasteiger partial charge in [0, 0.05) is 0 Å². The molecule has 3 N–H and O–H groups in total. The molecule has 0 aliphatic carbocycles. The van der Waals surface area contributed by atoms with Crippen molar-refractivity contribution in [1.82, 2.24) is 5.32 Å². The number of para-hydroxylation sites is 3. The smallest absolute Gasteiger partial charge is 0.264 e. The number of thiocarbonyl (C=S) groups is 1. The number of nitrogens with one attached hydrogen (secondary N) is 2. The fraction of sp³-hybridized carbons (Fsp3) is 0.0667. The zero-order valence-corrected chi connectivity index (χ0v) is 11.9. The minimum atomic E-state index is -0.383. The lowest BCUT2D eigenvalue weighted by Crippen LogP contribution is -2.37. The molecule has 108 valence electrons. The summed E-state index contributed by atoms with van der Waals surface area (Å²) in [5.74, 6) is 0.272. The minimum absolute atomic E-state index is 0.0506. The Labute approximate surface area is 127 Å². The molecule has 0 atom stereocenters. The number of anilines is 1. The predicted octanol–water partition coefficient (Wildman–Crippen LogP) is 2.28. The molecule has 0 unspecified atom stereocenters. The van der Waals surface area contributed by atoms with E-state index in [0.717, 1.165) is 0 Å². The van der Waals surface area contributed by atoms with Crippen LogP contribution in [0, 0.1) is 0 Å². The normalized spacial score (nSPS) is 9.71. The monoisotopic (exact) mass is 302 g/mol. The van der Waals surface area contributed by atoms with Crippen LogP contribution >= 0.6 is 12.2 Å². The number of amides is 1. The molecule has 0 saturated heterocycles. The first-order chi connectivity index (χ1) is 10.1. The second-order valence-electron chi connectivity index (χ2n) is 4.12. The number of rotatable bonds is 4. The van der Waals surface area contributed by atoms with Crippen molar-refractivity contribution in [1.29, 1.82) is 0 Å². The molecule has 0 radical (unpaired) electrons. The van der Waals surface area contributed by atoms with E-state index in [1.54, 1.807) is 30.3 Å². The van der Waals surface area contributed by atoms with Crippen LogP contribution in [0.4, 0.5) is 5.69 Å². The van der Waals surface area contributed by atoms with E-state index in [-0.39, 0.29) is 23.4 Å². The molecule has 6 heteroatoms. The molecule has 0 bridgehead atoms. The topological polar surface area (TPSA) is 70.6 Å². The molecule has 21 heavy (non-hydrogen) atoms. The number of phenols is 1. The maximum absolute atomic E-state index is 11.7. The average Bonchev–Trinajstić information content (AvgIpc) is 2.48. The summed E-state index contributed by atoms with van der Waals surface area (Å²) in [5.41, 5.74) is 0.423. The third kappa shape index (κ3) is 4.77. The van der Waals surface area contributed by atoms with Gasteiger partial charge in [-0.25, -0.2) is 0 Å². The van der Waals surface area contributed by atoms with Gasteiger partial charge in [-0.2, -0.15) is 0 Å². The maximum atomic E-state index is 11.7. The number of hydrogen-bond acceptors (Lipinski definition) is 4. The standard InChI is InChI=1S/C15H14N2O3S/c18-13-9-5-4-8-12(13)16-15(21)17-14(19)10-20-11-6-2-1-3-7-11/h1-9,18H,10H2,(H2,16,17,19,21). The van der Waals surface area contributed by atoms with E-state index in [1.165, 1.54) is 6.07 Å². The molecule has 0 aliphatic heterocycles. The molecule has 2 aromatic carbocycles. The third-order valence-electron chi connectivity index (χ3n) is 2.52. The van der Waals surface area contributed by atoms with Crippen LogP contribution < -0.4 is 15.4 Å². The van der Waals surface area contributed by atoms with Gasteiger partial charge < -0.3 is 15.2 Å². The van der Waals surface area contributed by atoms with Gasteiger partial charge in [0.05, 0.1) is 5.69 Å². The molecule has 2 rings (SSSR count). The summed E-state index contributed by atoms with van der Waals surface area (Å²) in [6.07, 6.45) is 0. The van der Waals surface area contributed by atoms with E-state index in [1.807, 2.05) is 18.2 Å². The molecule has 0 aliphatic rings. The van der Waals surface area contributed by atoms with Crippen molar-refractivity contribution < 1.29 is 14.6 Å². The summed E-state index contributed by atoms with van der Waals surface area (Å²) in [4.78, 5) is 11.7. The highest BCUT2D eigenvalue weighted by Gasteiger charge is 2.07. The van der Waals surface area contributed by atoms with Gasteiger partial charge in [0.15, 0.2) is 11.7 Å². The van der Waals surface area contributed by atoms with Crippen LogP contribution in [0.2, 0.25) is 0 Å². The lowest BCUT2D eigenvalue weighted by Gasteiger charge is -2.11. The number of ether oxygens (including phenoxy) is 1. The van der Waals surface area contributed by atoms with Crippen LogP contribution in [0.25, 0.3) is 0 Å². The minimum Gasteiger partial charge on any atom is -0.506 e. The molecule has 2 aromatic rings. The van der Waals surface area contributed by atoms with E-state index < -0.39 is 0 Å². The second-order valence-corrected chi connectivity index (χ2v) is 4.53. The molecule has 5 nitrogen and oxygen atoms in total. The Bertz CT molecular complexity index is 632. The van der Waals surface area contributed by atoms with E-state index in [9.17, 15) is 9.90 Å². The molecular formula is C15H14N2O3S. The van der Waals surface area contributed by atoms with Crippen LogP contribution in [-0.4, -0.2) is 22.7 Å². The summed E-state index contributed by atoms with van der Waals surface area (Å²) in [6.45, 7) is -0.146. The Hall–Kier alpha value is -2.60. The molecule has 0 heterocycles. The SMILES string of the molecule is O=C(COc1ccccc1)NC(=S)Nc1ccccc1O. The summed E-state index contributed by atoms with van der Waals surface area (Å²) in [7, 11) is 0.